The molecule has 2 rings (SSSR count). The molecule has 1 saturated heterocycles. The Morgan fingerprint density at radius 2 is 2.50 bits per heavy atom. The molecule has 1 aromatic heterocycles. The third-order valence-corrected chi connectivity index (χ3v) is 4.18. The summed E-state index contributed by atoms with van der Waals surface area (Å²) in [5.74, 6) is 1.94. The van der Waals surface area contributed by atoms with Crippen LogP contribution in [0.1, 0.15) is 18.9 Å². The molecule has 1 aliphatic heterocycles. The average Bonchev–Trinajstić information content (AvgIpc) is 2.73. The predicted octanol–water partition coefficient (Wildman–Crippen LogP) is 2.07. The number of nitrogens with zero attached hydrogens (tertiary/aromatic N) is 1. The lowest BCUT2D eigenvalue weighted by Gasteiger charge is -2.12. The largest absolute Gasteiger partial charge is 0.481 e. The van der Waals surface area contributed by atoms with Gasteiger partial charge in [0, 0.05) is 35.3 Å². The van der Waals surface area contributed by atoms with Crippen LogP contribution >= 0.6 is 11.8 Å². The molecule has 0 aromatic carbocycles. The molecule has 16 heavy (non-hydrogen) atoms. The number of thioether (sulfide) groups is 1. The van der Waals surface area contributed by atoms with Crippen molar-refractivity contribution < 1.29 is 4.74 Å². The summed E-state index contributed by atoms with van der Waals surface area (Å²) in [6, 6.07) is 4.64. The maximum absolute atomic E-state index is 5.23. The van der Waals surface area contributed by atoms with Crippen LogP contribution in [0.15, 0.2) is 18.3 Å². The van der Waals surface area contributed by atoms with E-state index in [1.54, 1.807) is 13.3 Å². The van der Waals surface area contributed by atoms with Crippen LogP contribution in [0.5, 0.6) is 5.88 Å². The Morgan fingerprint density at radius 1 is 1.62 bits per heavy atom. The zero-order valence-corrected chi connectivity index (χ0v) is 10.6. The van der Waals surface area contributed by atoms with Gasteiger partial charge in [-0.25, -0.2) is 4.98 Å². The van der Waals surface area contributed by atoms with Gasteiger partial charge in [-0.15, -0.1) is 0 Å². The summed E-state index contributed by atoms with van der Waals surface area (Å²) in [5.41, 5.74) is 1.13. The van der Waals surface area contributed by atoms with Crippen LogP contribution in [0.2, 0.25) is 0 Å². The molecule has 4 heteroatoms. The van der Waals surface area contributed by atoms with Crippen molar-refractivity contribution in [2.75, 3.05) is 12.9 Å². The molecule has 2 atom stereocenters. The van der Waals surface area contributed by atoms with E-state index in [2.05, 4.69) is 23.3 Å². The first-order valence-corrected chi connectivity index (χ1v) is 6.67. The molecular weight excluding hydrogens is 220 g/mol. The molecule has 1 fully saturated rings. The Morgan fingerprint density at radius 3 is 3.19 bits per heavy atom. The summed E-state index contributed by atoms with van der Waals surface area (Å²) < 4.78 is 5.23. The maximum Gasteiger partial charge on any atom is 0.217 e. The molecule has 0 amide bonds. The second-order valence-corrected chi connectivity index (χ2v) is 5.60. The zero-order valence-electron chi connectivity index (χ0n) is 9.77. The van der Waals surface area contributed by atoms with Crippen LogP contribution in [0.4, 0.5) is 0 Å². The average molecular weight is 238 g/mol. The molecule has 1 N–H and O–H groups in total. The van der Waals surface area contributed by atoms with Gasteiger partial charge in [0.1, 0.15) is 0 Å². The van der Waals surface area contributed by atoms with Crippen molar-refractivity contribution in [2.24, 2.45) is 0 Å². The molecule has 2 unspecified atom stereocenters. The second-order valence-electron chi connectivity index (χ2n) is 4.13. The van der Waals surface area contributed by atoms with Gasteiger partial charge in [-0.2, -0.15) is 11.8 Å². The minimum absolute atomic E-state index is 0.630. The van der Waals surface area contributed by atoms with Gasteiger partial charge in [-0.3, -0.25) is 0 Å². The highest BCUT2D eigenvalue weighted by atomic mass is 32.2. The number of hydrogen-bond acceptors (Lipinski definition) is 4. The third kappa shape index (κ3) is 2.89. The first-order chi connectivity index (χ1) is 7.79. The summed E-state index contributed by atoms with van der Waals surface area (Å²) in [7, 11) is 1.67. The van der Waals surface area contributed by atoms with Crippen molar-refractivity contribution in [3.05, 3.63) is 23.9 Å². The molecule has 0 spiro atoms. The van der Waals surface area contributed by atoms with Gasteiger partial charge in [-0.05, 0) is 12.5 Å². The summed E-state index contributed by atoms with van der Waals surface area (Å²) in [6.45, 7) is 3.13. The summed E-state index contributed by atoms with van der Waals surface area (Å²) >= 11 is 2.04. The van der Waals surface area contributed by atoms with Crippen molar-refractivity contribution in [2.45, 2.75) is 31.2 Å². The van der Waals surface area contributed by atoms with Crippen molar-refractivity contribution in [1.82, 2.24) is 10.3 Å². The van der Waals surface area contributed by atoms with Gasteiger partial charge in [0.05, 0.1) is 7.11 Å². The minimum atomic E-state index is 0.630. The van der Waals surface area contributed by atoms with Crippen LogP contribution in [-0.4, -0.2) is 29.1 Å². The van der Waals surface area contributed by atoms with E-state index in [4.69, 9.17) is 4.74 Å². The molecular formula is C12H18N2OS. The number of aromatic nitrogens is 1. The highest BCUT2D eigenvalue weighted by molar-refractivity contribution is 8.00. The molecule has 2 heterocycles. The van der Waals surface area contributed by atoms with Crippen LogP contribution in [0.3, 0.4) is 0 Å². The molecule has 0 radical (unpaired) electrons. The van der Waals surface area contributed by atoms with Gasteiger partial charge >= 0.3 is 0 Å². The van der Waals surface area contributed by atoms with E-state index in [1.807, 2.05) is 17.8 Å². The van der Waals surface area contributed by atoms with Crippen LogP contribution in [0.25, 0.3) is 0 Å². The number of methoxy groups -OCH3 is 1. The number of hydrogen-bond donors (Lipinski definition) is 1. The smallest absolute Gasteiger partial charge is 0.217 e. The van der Waals surface area contributed by atoms with Crippen LogP contribution in [0, 0.1) is 0 Å². The number of pyridine rings is 1. The standard InChI is InChI=1S/C12H18N2OS/c1-9-6-11(8-16-9)14-7-10-4-3-5-13-12(10)15-2/h3-5,9,11,14H,6-8H2,1-2H3. The van der Waals surface area contributed by atoms with E-state index in [9.17, 15) is 0 Å². The lowest BCUT2D eigenvalue weighted by Crippen LogP contribution is -2.28. The van der Waals surface area contributed by atoms with E-state index < -0.39 is 0 Å². The maximum atomic E-state index is 5.23. The zero-order chi connectivity index (χ0) is 11.4. The lowest BCUT2D eigenvalue weighted by atomic mass is 10.2. The van der Waals surface area contributed by atoms with Gasteiger partial charge in [-0.1, -0.05) is 13.0 Å². The van der Waals surface area contributed by atoms with Crippen molar-refractivity contribution in [3.63, 3.8) is 0 Å². The Hall–Kier alpha value is -0.740. The van der Waals surface area contributed by atoms with Crippen LogP contribution < -0.4 is 10.1 Å². The highest BCUT2D eigenvalue weighted by Gasteiger charge is 2.21. The van der Waals surface area contributed by atoms with Gasteiger partial charge in [0.25, 0.3) is 0 Å². The summed E-state index contributed by atoms with van der Waals surface area (Å²) in [5, 5.41) is 4.35. The molecule has 1 aliphatic rings. The summed E-state index contributed by atoms with van der Waals surface area (Å²) in [4.78, 5) is 4.19. The fourth-order valence-electron chi connectivity index (χ4n) is 1.96. The number of ether oxygens (including phenoxy) is 1. The minimum Gasteiger partial charge on any atom is -0.481 e. The molecule has 0 aliphatic carbocycles. The predicted molar refractivity (Wildman–Crippen MR) is 68.0 cm³/mol. The highest BCUT2D eigenvalue weighted by Crippen LogP contribution is 2.26. The summed E-state index contributed by atoms with van der Waals surface area (Å²) in [6.07, 6.45) is 3.02. The van der Waals surface area contributed by atoms with E-state index in [1.165, 1.54) is 12.2 Å². The normalized spacial score (nSPS) is 24.6. The molecule has 88 valence electrons. The van der Waals surface area contributed by atoms with Gasteiger partial charge in [0.2, 0.25) is 5.88 Å². The Balaban J connectivity index is 1.89. The SMILES string of the molecule is COc1ncccc1CNC1CSC(C)C1. The van der Waals surface area contributed by atoms with E-state index in [-0.39, 0.29) is 0 Å². The fraction of sp³-hybridized carbons (Fsp3) is 0.583. The van der Waals surface area contributed by atoms with Crippen LogP contribution in [-0.2, 0) is 6.54 Å². The van der Waals surface area contributed by atoms with Crippen molar-refractivity contribution in [1.29, 1.82) is 0 Å². The fourth-order valence-corrected chi connectivity index (χ4v) is 3.14. The van der Waals surface area contributed by atoms with Gasteiger partial charge in [0.15, 0.2) is 0 Å². The molecule has 0 bridgehead atoms. The molecule has 1 aromatic rings. The molecule has 0 saturated carbocycles. The Bertz CT molecular complexity index is 346. The number of nitrogens with one attached hydrogen (secondary N) is 1. The van der Waals surface area contributed by atoms with Crippen molar-refractivity contribution in [3.8, 4) is 5.88 Å². The first-order valence-electron chi connectivity index (χ1n) is 5.62. The van der Waals surface area contributed by atoms with Gasteiger partial charge < -0.3 is 10.1 Å². The Labute approximate surface area is 101 Å². The second kappa shape index (κ2) is 5.55. The van der Waals surface area contributed by atoms with E-state index in [0.29, 0.717) is 6.04 Å². The first kappa shape index (κ1) is 11.7. The molecule has 3 nitrogen and oxygen atoms in total. The third-order valence-electron chi connectivity index (χ3n) is 2.82. The van der Waals surface area contributed by atoms with Crippen molar-refractivity contribution >= 4 is 11.8 Å². The quantitative estimate of drug-likeness (QED) is 0.871. The Kier molecular flexibility index (Phi) is 4.07. The lowest BCUT2D eigenvalue weighted by molar-refractivity contribution is 0.388. The van der Waals surface area contributed by atoms with E-state index in [0.717, 1.165) is 23.2 Å². The topological polar surface area (TPSA) is 34.1 Å². The van der Waals surface area contributed by atoms with E-state index >= 15 is 0 Å². The number of rotatable bonds is 4. The monoisotopic (exact) mass is 238 g/mol.